The number of nitriles is 1. The molecule has 0 saturated heterocycles. The molecular weight excluding hydrogens is 354 g/mol. The Labute approximate surface area is 154 Å². The first-order valence-electron chi connectivity index (χ1n) is 7.75. The molecule has 1 aromatic carbocycles. The molecule has 0 bridgehead atoms. The summed E-state index contributed by atoms with van der Waals surface area (Å²) >= 11 is 0. The van der Waals surface area contributed by atoms with Gasteiger partial charge in [0.1, 0.15) is 11.9 Å². The number of aromatic carboxylic acids is 1. The van der Waals surface area contributed by atoms with Crippen LogP contribution in [-0.2, 0) is 4.74 Å². The fourth-order valence-corrected chi connectivity index (χ4v) is 2.13. The molecule has 2 rings (SSSR count). The summed E-state index contributed by atoms with van der Waals surface area (Å²) in [5, 5.41) is 20.8. The van der Waals surface area contributed by atoms with Gasteiger partial charge in [0.15, 0.2) is 11.4 Å². The molecule has 0 saturated carbocycles. The number of nitrogen functional groups attached to an aromatic ring is 1. The van der Waals surface area contributed by atoms with Gasteiger partial charge in [-0.25, -0.2) is 14.6 Å². The van der Waals surface area contributed by atoms with Crippen molar-refractivity contribution in [3.8, 4) is 23.3 Å². The fraction of sp³-hybridized carbons (Fsp3) is 0.235. The van der Waals surface area contributed by atoms with Gasteiger partial charge in [-0.1, -0.05) is 12.1 Å². The van der Waals surface area contributed by atoms with E-state index in [4.69, 9.17) is 15.7 Å². The first kappa shape index (κ1) is 19.5. The molecule has 10 nitrogen and oxygen atoms in total. The van der Waals surface area contributed by atoms with Gasteiger partial charge in [-0.2, -0.15) is 10.2 Å². The van der Waals surface area contributed by atoms with Crippen LogP contribution in [0.5, 0.6) is 5.88 Å². The number of anilines is 1. The number of nitrogens with zero attached hydrogens (tertiary/aromatic N) is 3. The number of carbonyl (C=O) groups excluding carboxylic acids is 1. The standard InChI is InChI=1S/C17H17N5O5/c1-9(8-20-17(25)26-2)27-15-12(16(23)24)13(19)21-14(22-15)11-5-3-4-10(6-11)7-18/h3-6,9H,8H2,1-2H3,(H,20,25)(H,23,24)(H2,19,21,22)/t9-/m0/s1. The molecule has 0 aliphatic rings. The smallest absolute Gasteiger partial charge is 0.406 e. The van der Waals surface area contributed by atoms with Crippen molar-refractivity contribution in [2.24, 2.45) is 0 Å². The third kappa shape index (κ3) is 4.82. The predicted molar refractivity (Wildman–Crippen MR) is 94.1 cm³/mol. The number of alkyl carbamates (subject to hydrolysis) is 1. The van der Waals surface area contributed by atoms with E-state index in [0.717, 1.165) is 0 Å². The number of hydrogen-bond donors (Lipinski definition) is 3. The number of aromatic nitrogens is 2. The van der Waals surface area contributed by atoms with Gasteiger partial charge in [-0.3, -0.25) is 0 Å². The monoisotopic (exact) mass is 371 g/mol. The molecule has 1 aromatic heterocycles. The number of hydrogen-bond acceptors (Lipinski definition) is 8. The second-order valence-electron chi connectivity index (χ2n) is 5.41. The summed E-state index contributed by atoms with van der Waals surface area (Å²) < 4.78 is 10.0. The molecule has 0 aliphatic heterocycles. The van der Waals surface area contributed by atoms with E-state index in [0.29, 0.717) is 11.1 Å². The summed E-state index contributed by atoms with van der Waals surface area (Å²) in [5.41, 5.74) is 6.25. The van der Waals surface area contributed by atoms with E-state index >= 15 is 0 Å². The van der Waals surface area contributed by atoms with Crippen molar-refractivity contribution in [2.45, 2.75) is 13.0 Å². The van der Waals surface area contributed by atoms with Crippen molar-refractivity contribution in [2.75, 3.05) is 19.4 Å². The fourth-order valence-electron chi connectivity index (χ4n) is 2.13. The molecule has 0 fully saturated rings. The Hall–Kier alpha value is -3.87. The minimum Gasteiger partial charge on any atom is -0.477 e. The van der Waals surface area contributed by atoms with E-state index in [2.05, 4.69) is 20.0 Å². The molecule has 0 spiro atoms. The molecule has 0 unspecified atom stereocenters. The number of rotatable bonds is 6. The number of ether oxygens (including phenoxy) is 2. The number of nitrogens with one attached hydrogen (secondary N) is 1. The van der Waals surface area contributed by atoms with Crippen LogP contribution in [0.15, 0.2) is 24.3 Å². The minimum absolute atomic E-state index is 0.0505. The lowest BCUT2D eigenvalue weighted by Crippen LogP contribution is -2.34. The van der Waals surface area contributed by atoms with E-state index < -0.39 is 18.2 Å². The number of carbonyl (C=O) groups is 2. The van der Waals surface area contributed by atoms with Crippen molar-refractivity contribution < 1.29 is 24.2 Å². The highest BCUT2D eigenvalue weighted by molar-refractivity contribution is 5.95. The maximum absolute atomic E-state index is 11.5. The van der Waals surface area contributed by atoms with Gasteiger partial charge in [-0.15, -0.1) is 0 Å². The van der Waals surface area contributed by atoms with Gasteiger partial charge < -0.3 is 25.6 Å². The van der Waals surface area contributed by atoms with Crippen LogP contribution in [0.2, 0.25) is 0 Å². The Morgan fingerprint density at radius 1 is 1.41 bits per heavy atom. The van der Waals surface area contributed by atoms with Crippen LogP contribution in [0.3, 0.4) is 0 Å². The summed E-state index contributed by atoms with van der Waals surface area (Å²) in [7, 11) is 1.22. The molecule has 1 atom stereocenters. The normalized spacial score (nSPS) is 11.1. The lowest BCUT2D eigenvalue weighted by Gasteiger charge is -2.17. The number of methoxy groups -OCH3 is 1. The van der Waals surface area contributed by atoms with Crippen molar-refractivity contribution in [3.05, 3.63) is 35.4 Å². The molecule has 2 aromatic rings. The lowest BCUT2D eigenvalue weighted by atomic mass is 10.1. The number of nitrogens with two attached hydrogens (primary N) is 1. The Kier molecular flexibility index (Phi) is 6.11. The predicted octanol–water partition coefficient (Wildman–Crippen LogP) is 1.42. The number of benzene rings is 1. The van der Waals surface area contributed by atoms with Crippen molar-refractivity contribution >= 4 is 17.9 Å². The lowest BCUT2D eigenvalue weighted by molar-refractivity contribution is 0.0688. The molecule has 1 heterocycles. The molecule has 4 N–H and O–H groups in total. The highest BCUT2D eigenvalue weighted by Gasteiger charge is 2.22. The average molecular weight is 371 g/mol. The third-order valence-corrected chi connectivity index (χ3v) is 3.40. The van der Waals surface area contributed by atoms with Crippen molar-refractivity contribution in [1.82, 2.24) is 15.3 Å². The Morgan fingerprint density at radius 3 is 2.78 bits per heavy atom. The van der Waals surface area contributed by atoms with E-state index in [1.165, 1.54) is 7.11 Å². The Balaban J connectivity index is 2.39. The van der Waals surface area contributed by atoms with Crippen LogP contribution in [0.25, 0.3) is 11.4 Å². The second kappa shape index (κ2) is 8.48. The van der Waals surface area contributed by atoms with Crippen LogP contribution in [0.4, 0.5) is 10.6 Å². The highest BCUT2D eigenvalue weighted by Crippen LogP contribution is 2.27. The maximum Gasteiger partial charge on any atom is 0.406 e. The molecule has 27 heavy (non-hydrogen) atoms. The average Bonchev–Trinajstić information content (AvgIpc) is 2.65. The highest BCUT2D eigenvalue weighted by atomic mass is 16.5. The first-order valence-corrected chi connectivity index (χ1v) is 7.75. The van der Waals surface area contributed by atoms with Crippen LogP contribution >= 0.6 is 0 Å². The summed E-state index contributed by atoms with van der Waals surface area (Å²) in [6.07, 6.45) is -1.28. The molecule has 0 aliphatic carbocycles. The van der Waals surface area contributed by atoms with Gasteiger partial charge in [0.25, 0.3) is 0 Å². The molecule has 10 heteroatoms. The molecule has 0 radical (unpaired) electrons. The van der Waals surface area contributed by atoms with E-state index in [1.807, 2.05) is 6.07 Å². The second-order valence-corrected chi connectivity index (χ2v) is 5.41. The zero-order chi connectivity index (χ0) is 20.0. The van der Waals surface area contributed by atoms with Crippen molar-refractivity contribution in [3.63, 3.8) is 0 Å². The molecule has 1 amide bonds. The number of carboxylic acid groups (broad SMARTS) is 1. The number of amides is 1. The van der Waals surface area contributed by atoms with Crippen LogP contribution < -0.4 is 15.8 Å². The van der Waals surface area contributed by atoms with Gasteiger partial charge in [0, 0.05) is 5.56 Å². The minimum atomic E-state index is -1.35. The zero-order valence-corrected chi connectivity index (χ0v) is 14.6. The van der Waals surface area contributed by atoms with E-state index in [-0.39, 0.29) is 29.6 Å². The van der Waals surface area contributed by atoms with Gasteiger partial charge >= 0.3 is 12.1 Å². The zero-order valence-electron chi connectivity index (χ0n) is 14.6. The Bertz CT molecular complexity index is 909. The summed E-state index contributed by atoms with van der Waals surface area (Å²) in [6, 6.07) is 8.44. The third-order valence-electron chi connectivity index (χ3n) is 3.40. The Morgan fingerprint density at radius 2 is 2.15 bits per heavy atom. The maximum atomic E-state index is 11.5. The van der Waals surface area contributed by atoms with Crippen LogP contribution in [0.1, 0.15) is 22.8 Å². The topological polar surface area (TPSA) is 160 Å². The summed E-state index contributed by atoms with van der Waals surface area (Å²) in [6.45, 7) is 1.66. The SMILES string of the molecule is COC(=O)NC[C@H](C)Oc1nc(-c2cccc(C#N)c2)nc(N)c1C(=O)O. The van der Waals surface area contributed by atoms with Crippen molar-refractivity contribution in [1.29, 1.82) is 5.26 Å². The quantitative estimate of drug-likeness (QED) is 0.682. The van der Waals surface area contributed by atoms with Crippen LogP contribution in [-0.4, -0.2) is 46.9 Å². The molecular formula is C17H17N5O5. The largest absolute Gasteiger partial charge is 0.477 e. The summed E-state index contributed by atoms with van der Waals surface area (Å²) in [4.78, 5) is 30.8. The van der Waals surface area contributed by atoms with Crippen LogP contribution in [0, 0.1) is 11.3 Å². The first-order chi connectivity index (χ1) is 12.8. The van der Waals surface area contributed by atoms with Gasteiger partial charge in [0.2, 0.25) is 5.88 Å². The van der Waals surface area contributed by atoms with Gasteiger partial charge in [0.05, 0.1) is 25.3 Å². The number of carboxylic acids is 1. The van der Waals surface area contributed by atoms with E-state index in [9.17, 15) is 14.7 Å². The summed E-state index contributed by atoms with van der Waals surface area (Å²) in [5.74, 6) is -1.77. The molecule has 140 valence electrons. The van der Waals surface area contributed by atoms with E-state index in [1.54, 1.807) is 31.2 Å². The van der Waals surface area contributed by atoms with Gasteiger partial charge in [-0.05, 0) is 19.1 Å².